The monoisotopic (exact) mass is 512 g/mol. The van der Waals surface area contributed by atoms with Gasteiger partial charge >= 0.3 is 0 Å². The fourth-order valence-corrected chi connectivity index (χ4v) is 4.74. The molecule has 0 aliphatic carbocycles. The van der Waals surface area contributed by atoms with Gasteiger partial charge in [0.05, 0.1) is 13.2 Å². The van der Waals surface area contributed by atoms with Crippen LogP contribution in [0.2, 0.25) is 0 Å². The topological polar surface area (TPSA) is 50.8 Å². The zero-order chi connectivity index (χ0) is 23.5. The first-order valence-corrected chi connectivity index (χ1v) is 12.6. The minimum Gasteiger partial charge on any atom is -0.492 e. The Balaban J connectivity index is 1.66. The predicted octanol–water partition coefficient (Wildman–Crippen LogP) is 5.90. The number of hydrogen-bond donors (Lipinski definition) is 1. The molecule has 0 aromatic heterocycles. The van der Waals surface area contributed by atoms with Gasteiger partial charge in [-0.15, -0.1) is 0 Å². The Kier molecular flexibility index (Phi) is 7.57. The van der Waals surface area contributed by atoms with Gasteiger partial charge in [0.25, 0.3) is 5.91 Å². The summed E-state index contributed by atoms with van der Waals surface area (Å²) in [6, 6.07) is 10.2. The smallest absolute Gasteiger partial charge is 0.256 e. The minimum absolute atomic E-state index is 0.0638. The molecule has 0 atom stereocenters. The third-order valence-electron chi connectivity index (χ3n) is 6.25. The molecule has 4 rings (SSSR count). The van der Waals surface area contributed by atoms with Gasteiger partial charge in [0.2, 0.25) is 0 Å². The third-order valence-corrected chi connectivity index (χ3v) is 6.74. The van der Waals surface area contributed by atoms with Crippen LogP contribution in [0.4, 0.5) is 5.69 Å². The summed E-state index contributed by atoms with van der Waals surface area (Å²) in [6.07, 6.45) is 2.00. The van der Waals surface area contributed by atoms with Gasteiger partial charge < -0.3 is 14.8 Å². The van der Waals surface area contributed by atoms with Crippen LogP contribution in [0.3, 0.4) is 0 Å². The molecule has 0 saturated carbocycles. The molecule has 2 aliphatic heterocycles. The van der Waals surface area contributed by atoms with E-state index in [-0.39, 0.29) is 5.91 Å². The van der Waals surface area contributed by atoms with E-state index in [9.17, 15) is 4.79 Å². The van der Waals surface area contributed by atoms with E-state index < -0.39 is 0 Å². The molecule has 176 valence electrons. The Morgan fingerprint density at radius 3 is 2.39 bits per heavy atom. The lowest BCUT2D eigenvalue weighted by Gasteiger charge is -2.27. The van der Waals surface area contributed by atoms with E-state index in [0.717, 1.165) is 59.9 Å². The lowest BCUT2D eigenvalue weighted by Crippen LogP contribution is -2.38. The van der Waals surface area contributed by atoms with Crippen molar-refractivity contribution >= 4 is 39.2 Å². The number of hydrogen-bond acceptors (Lipinski definition) is 4. The number of nitrogens with one attached hydrogen (secondary N) is 1. The van der Waals surface area contributed by atoms with Crippen molar-refractivity contribution in [2.24, 2.45) is 0 Å². The summed E-state index contributed by atoms with van der Waals surface area (Å²) in [4.78, 5) is 15.1. The number of ether oxygens (including phenoxy) is 2. The molecule has 0 bridgehead atoms. The highest BCUT2D eigenvalue weighted by atomic mass is 79.9. The molecular formula is C27H33BrN2O3. The van der Waals surface area contributed by atoms with Gasteiger partial charge in [-0.3, -0.25) is 9.69 Å². The number of carbonyl (C=O) groups is 1. The zero-order valence-electron chi connectivity index (χ0n) is 19.9. The number of amides is 1. The SMILES string of the molecule is CC(C)c1cc(/C=C2/C(=O)Nc3ccc(Br)cc32)cc(C(C)C)c1OCCN1CCOCC1. The molecule has 1 fully saturated rings. The summed E-state index contributed by atoms with van der Waals surface area (Å²) in [5.41, 5.74) is 5.87. The van der Waals surface area contributed by atoms with E-state index in [2.05, 4.69) is 66.0 Å². The average molecular weight is 513 g/mol. The predicted molar refractivity (Wildman–Crippen MR) is 138 cm³/mol. The van der Waals surface area contributed by atoms with Crippen LogP contribution in [0.1, 0.15) is 61.8 Å². The van der Waals surface area contributed by atoms with E-state index in [1.54, 1.807) is 0 Å². The molecule has 2 aliphatic rings. The van der Waals surface area contributed by atoms with Crippen molar-refractivity contribution in [1.82, 2.24) is 4.90 Å². The summed E-state index contributed by atoms with van der Waals surface area (Å²) in [6.45, 7) is 13.8. The Hall–Kier alpha value is -2.15. The van der Waals surface area contributed by atoms with E-state index in [1.807, 2.05) is 24.3 Å². The van der Waals surface area contributed by atoms with Crippen molar-refractivity contribution in [2.45, 2.75) is 39.5 Å². The van der Waals surface area contributed by atoms with E-state index in [0.29, 0.717) is 24.0 Å². The van der Waals surface area contributed by atoms with Gasteiger partial charge in [0.1, 0.15) is 12.4 Å². The maximum absolute atomic E-state index is 12.7. The maximum Gasteiger partial charge on any atom is 0.256 e. The number of halogens is 1. The summed E-state index contributed by atoms with van der Waals surface area (Å²) < 4.78 is 12.8. The van der Waals surface area contributed by atoms with Gasteiger partial charge in [0.15, 0.2) is 0 Å². The lowest BCUT2D eigenvalue weighted by atomic mass is 9.90. The van der Waals surface area contributed by atoms with Gasteiger partial charge in [-0.25, -0.2) is 0 Å². The quantitative estimate of drug-likeness (QED) is 0.469. The van der Waals surface area contributed by atoms with Crippen LogP contribution in [-0.4, -0.2) is 50.3 Å². The second-order valence-electron chi connectivity index (χ2n) is 9.34. The highest BCUT2D eigenvalue weighted by Crippen LogP contribution is 2.39. The van der Waals surface area contributed by atoms with Crippen LogP contribution >= 0.6 is 15.9 Å². The van der Waals surface area contributed by atoms with Gasteiger partial charge in [0, 0.05) is 40.9 Å². The Morgan fingerprint density at radius 2 is 1.76 bits per heavy atom. The van der Waals surface area contributed by atoms with Crippen molar-refractivity contribution in [1.29, 1.82) is 0 Å². The van der Waals surface area contributed by atoms with Gasteiger partial charge in [-0.05, 0) is 64.9 Å². The fourth-order valence-electron chi connectivity index (χ4n) is 4.38. The number of carbonyl (C=O) groups excluding carboxylic acids is 1. The fraction of sp³-hybridized carbons (Fsp3) is 0.444. The zero-order valence-corrected chi connectivity index (χ0v) is 21.5. The molecule has 1 N–H and O–H groups in total. The first-order valence-electron chi connectivity index (χ1n) is 11.8. The first-order chi connectivity index (χ1) is 15.8. The molecule has 0 unspecified atom stereocenters. The molecular weight excluding hydrogens is 480 g/mol. The van der Waals surface area contributed by atoms with Crippen molar-refractivity contribution in [3.63, 3.8) is 0 Å². The molecule has 33 heavy (non-hydrogen) atoms. The number of fused-ring (bicyclic) bond motifs is 1. The number of anilines is 1. The number of morpholine rings is 1. The van der Waals surface area contributed by atoms with Crippen LogP contribution in [0.15, 0.2) is 34.8 Å². The number of rotatable bonds is 7. The summed E-state index contributed by atoms with van der Waals surface area (Å²) in [5.74, 6) is 1.54. The molecule has 0 spiro atoms. The lowest BCUT2D eigenvalue weighted by molar-refractivity contribution is -0.110. The largest absolute Gasteiger partial charge is 0.492 e. The first kappa shape index (κ1) is 24.0. The van der Waals surface area contributed by atoms with Gasteiger partial charge in [-0.2, -0.15) is 0 Å². The second kappa shape index (κ2) is 10.4. The van der Waals surface area contributed by atoms with Crippen LogP contribution in [-0.2, 0) is 9.53 Å². The van der Waals surface area contributed by atoms with Gasteiger partial charge in [-0.1, -0.05) is 43.6 Å². The summed E-state index contributed by atoms with van der Waals surface area (Å²) >= 11 is 3.53. The molecule has 6 heteroatoms. The normalized spacial score (nSPS) is 17.7. The van der Waals surface area contributed by atoms with E-state index in [4.69, 9.17) is 9.47 Å². The average Bonchev–Trinajstić information content (AvgIpc) is 3.09. The van der Waals surface area contributed by atoms with Crippen LogP contribution in [0.5, 0.6) is 5.75 Å². The molecule has 2 aromatic carbocycles. The molecule has 1 amide bonds. The molecule has 1 saturated heterocycles. The Bertz CT molecular complexity index is 1030. The van der Waals surface area contributed by atoms with Crippen molar-refractivity contribution in [2.75, 3.05) is 44.8 Å². The van der Waals surface area contributed by atoms with E-state index in [1.165, 1.54) is 11.1 Å². The van der Waals surface area contributed by atoms with Crippen molar-refractivity contribution in [3.8, 4) is 5.75 Å². The van der Waals surface area contributed by atoms with Crippen molar-refractivity contribution < 1.29 is 14.3 Å². The minimum atomic E-state index is -0.0638. The van der Waals surface area contributed by atoms with Crippen LogP contribution in [0.25, 0.3) is 11.6 Å². The second-order valence-corrected chi connectivity index (χ2v) is 10.3. The number of nitrogens with zero attached hydrogens (tertiary/aromatic N) is 1. The number of benzene rings is 2. The molecule has 0 radical (unpaired) electrons. The molecule has 5 nitrogen and oxygen atoms in total. The Morgan fingerprint density at radius 1 is 1.09 bits per heavy atom. The van der Waals surface area contributed by atoms with Crippen LogP contribution in [0, 0.1) is 0 Å². The van der Waals surface area contributed by atoms with Crippen molar-refractivity contribution in [3.05, 3.63) is 57.1 Å². The standard InChI is InChI=1S/C27H33BrN2O3/c1-17(2)21-13-19(15-24-23-16-20(28)5-6-25(23)29-27(24)31)14-22(18(3)4)26(21)33-12-9-30-7-10-32-11-8-30/h5-6,13-18H,7-12H2,1-4H3,(H,29,31)/b24-15+. The molecule has 2 heterocycles. The third kappa shape index (κ3) is 5.51. The van der Waals surface area contributed by atoms with Crippen LogP contribution < -0.4 is 10.1 Å². The highest BCUT2D eigenvalue weighted by Gasteiger charge is 2.25. The Labute approximate surface area is 205 Å². The maximum atomic E-state index is 12.7. The summed E-state index contributed by atoms with van der Waals surface area (Å²) in [7, 11) is 0. The summed E-state index contributed by atoms with van der Waals surface area (Å²) in [5, 5.41) is 2.97. The molecule has 2 aromatic rings. The highest BCUT2D eigenvalue weighted by molar-refractivity contribution is 9.10. The van der Waals surface area contributed by atoms with E-state index >= 15 is 0 Å².